The number of rotatable bonds is 6. The second-order valence-corrected chi connectivity index (χ2v) is 7.86. The predicted octanol–water partition coefficient (Wildman–Crippen LogP) is 7.99. The molecule has 0 bridgehead atoms. The molecule has 146 valence electrons. The van der Waals surface area contributed by atoms with Gasteiger partial charge in [-0.25, -0.2) is 0 Å². The van der Waals surface area contributed by atoms with Crippen molar-refractivity contribution in [2.45, 2.75) is 13.2 Å². The average Bonchev–Trinajstić information content (AvgIpc) is 2.73. The van der Waals surface area contributed by atoms with E-state index < -0.39 is 0 Å². The molecule has 0 fully saturated rings. The van der Waals surface area contributed by atoms with Crippen molar-refractivity contribution in [2.24, 2.45) is 0 Å². The van der Waals surface area contributed by atoms with Gasteiger partial charge in [-0.2, -0.15) is 0 Å². The van der Waals surface area contributed by atoms with Gasteiger partial charge in [-0.1, -0.05) is 71.2 Å². The molecule has 0 radical (unpaired) electrons. The molecule has 0 aliphatic rings. The summed E-state index contributed by atoms with van der Waals surface area (Å²) in [6, 6.07) is 25.4. The molecule has 4 rings (SSSR count). The Bertz CT molecular complexity index is 1120. The fourth-order valence-corrected chi connectivity index (χ4v) is 3.84. The molecule has 0 saturated heterocycles. The van der Waals surface area contributed by atoms with E-state index >= 15 is 0 Å². The number of nitrogens with one attached hydrogen (secondary N) is 1. The second kappa shape index (κ2) is 8.96. The summed E-state index contributed by atoms with van der Waals surface area (Å²) in [6.45, 7) is 0.902. The van der Waals surface area contributed by atoms with Gasteiger partial charge in [0.25, 0.3) is 0 Å². The quantitative estimate of drug-likeness (QED) is 0.327. The summed E-state index contributed by atoms with van der Waals surface area (Å²) in [6.07, 6.45) is 0. The Balaban J connectivity index is 1.64. The summed E-state index contributed by atoms with van der Waals surface area (Å²) in [7, 11) is 0. The van der Waals surface area contributed by atoms with Gasteiger partial charge in [0.15, 0.2) is 0 Å². The van der Waals surface area contributed by atoms with Crippen LogP contribution in [-0.4, -0.2) is 0 Å². The molecule has 0 atom stereocenters. The van der Waals surface area contributed by atoms with Crippen LogP contribution < -0.4 is 10.1 Å². The maximum atomic E-state index is 6.30. The molecule has 4 aromatic rings. The first-order valence-electron chi connectivity index (χ1n) is 9.17. The number of hydrogen-bond acceptors (Lipinski definition) is 2. The molecule has 0 aliphatic carbocycles. The normalized spacial score (nSPS) is 10.9. The van der Waals surface area contributed by atoms with Crippen molar-refractivity contribution in [3.05, 3.63) is 105 Å². The molecule has 0 aliphatic heterocycles. The highest BCUT2D eigenvalue weighted by atomic mass is 35.5. The van der Waals surface area contributed by atoms with Crippen LogP contribution in [0.1, 0.15) is 11.1 Å². The number of anilines is 1. The molecule has 0 saturated carbocycles. The summed E-state index contributed by atoms with van der Waals surface area (Å²) in [4.78, 5) is 0. The van der Waals surface area contributed by atoms with Crippen LogP contribution in [0.25, 0.3) is 10.8 Å². The third-order valence-corrected chi connectivity index (χ3v) is 5.71. The molecule has 0 aromatic heterocycles. The average molecular weight is 443 g/mol. The van der Waals surface area contributed by atoms with Crippen LogP contribution in [0.3, 0.4) is 0 Å². The summed E-state index contributed by atoms with van der Waals surface area (Å²) < 4.78 is 6.17. The standard InChI is InChI=1S/C24H18Cl3NO/c25-17-9-11-18(12-10-17)28-14-20-19-5-2-1-4-16(19)8-13-24(20)29-15-21-22(26)6-3-7-23(21)27/h1-13,28H,14-15H2. The molecule has 1 N–H and O–H groups in total. The van der Waals surface area contributed by atoms with Gasteiger partial charge in [0.2, 0.25) is 0 Å². The van der Waals surface area contributed by atoms with Gasteiger partial charge in [-0.3, -0.25) is 0 Å². The molecule has 0 heterocycles. The minimum absolute atomic E-state index is 0.296. The Hall–Kier alpha value is -2.39. The number of hydrogen-bond donors (Lipinski definition) is 1. The van der Waals surface area contributed by atoms with E-state index in [4.69, 9.17) is 39.5 Å². The Kier molecular flexibility index (Phi) is 6.15. The molecule has 0 unspecified atom stereocenters. The van der Waals surface area contributed by atoms with Crippen LogP contribution in [-0.2, 0) is 13.2 Å². The van der Waals surface area contributed by atoms with Gasteiger partial charge in [0.05, 0.1) is 0 Å². The van der Waals surface area contributed by atoms with E-state index in [2.05, 4.69) is 23.5 Å². The van der Waals surface area contributed by atoms with E-state index in [0.29, 0.717) is 28.2 Å². The van der Waals surface area contributed by atoms with Crippen LogP contribution in [0.2, 0.25) is 15.1 Å². The Labute approximate surface area is 185 Å². The lowest BCUT2D eigenvalue weighted by Crippen LogP contribution is -2.05. The summed E-state index contributed by atoms with van der Waals surface area (Å²) in [5.74, 6) is 0.793. The zero-order valence-corrected chi connectivity index (χ0v) is 17.7. The highest BCUT2D eigenvalue weighted by Crippen LogP contribution is 2.31. The largest absolute Gasteiger partial charge is 0.488 e. The second-order valence-electron chi connectivity index (χ2n) is 6.61. The first kappa shape index (κ1) is 19.9. The first-order valence-corrected chi connectivity index (χ1v) is 10.3. The molecule has 5 heteroatoms. The lowest BCUT2D eigenvalue weighted by Gasteiger charge is -2.16. The highest BCUT2D eigenvalue weighted by molar-refractivity contribution is 6.36. The third kappa shape index (κ3) is 4.62. The molecule has 4 aromatic carbocycles. The number of halogens is 3. The Morgan fingerprint density at radius 2 is 1.41 bits per heavy atom. The van der Waals surface area contributed by atoms with E-state index in [0.717, 1.165) is 33.3 Å². The topological polar surface area (TPSA) is 21.3 Å². The van der Waals surface area contributed by atoms with Crippen molar-refractivity contribution in [1.29, 1.82) is 0 Å². The van der Waals surface area contributed by atoms with E-state index in [1.165, 1.54) is 0 Å². The minimum atomic E-state index is 0.296. The van der Waals surface area contributed by atoms with Gasteiger partial charge < -0.3 is 10.1 Å². The summed E-state index contributed by atoms with van der Waals surface area (Å²) >= 11 is 18.6. The zero-order chi connectivity index (χ0) is 20.2. The summed E-state index contributed by atoms with van der Waals surface area (Å²) in [5.41, 5.74) is 2.84. The maximum absolute atomic E-state index is 6.30. The highest BCUT2D eigenvalue weighted by Gasteiger charge is 2.12. The van der Waals surface area contributed by atoms with Crippen molar-refractivity contribution in [2.75, 3.05) is 5.32 Å². The molecule has 29 heavy (non-hydrogen) atoms. The van der Waals surface area contributed by atoms with Gasteiger partial charge in [0, 0.05) is 38.4 Å². The van der Waals surface area contributed by atoms with Gasteiger partial charge in [-0.05, 0) is 53.2 Å². The Morgan fingerprint density at radius 1 is 0.690 bits per heavy atom. The van der Waals surface area contributed by atoms with E-state index in [-0.39, 0.29) is 0 Å². The third-order valence-electron chi connectivity index (χ3n) is 4.74. The number of benzene rings is 4. The van der Waals surface area contributed by atoms with Crippen molar-refractivity contribution < 1.29 is 4.74 Å². The fourth-order valence-electron chi connectivity index (χ4n) is 3.21. The van der Waals surface area contributed by atoms with Crippen molar-refractivity contribution in [3.8, 4) is 5.75 Å². The first-order chi connectivity index (χ1) is 14.1. The molecular formula is C24H18Cl3NO. The lowest BCUT2D eigenvalue weighted by molar-refractivity contribution is 0.304. The van der Waals surface area contributed by atoms with E-state index in [9.17, 15) is 0 Å². The van der Waals surface area contributed by atoms with Gasteiger partial charge >= 0.3 is 0 Å². The molecule has 0 spiro atoms. The van der Waals surface area contributed by atoms with E-state index in [1.807, 2.05) is 60.7 Å². The fraction of sp³-hybridized carbons (Fsp3) is 0.0833. The maximum Gasteiger partial charge on any atom is 0.125 e. The monoisotopic (exact) mass is 441 g/mol. The minimum Gasteiger partial charge on any atom is -0.488 e. The molecule has 0 amide bonds. The van der Waals surface area contributed by atoms with E-state index in [1.54, 1.807) is 0 Å². The molecule has 2 nitrogen and oxygen atoms in total. The summed E-state index contributed by atoms with van der Waals surface area (Å²) in [5, 5.41) is 7.65. The van der Waals surface area contributed by atoms with Crippen LogP contribution in [0.5, 0.6) is 5.75 Å². The van der Waals surface area contributed by atoms with Crippen LogP contribution in [0.4, 0.5) is 5.69 Å². The predicted molar refractivity (Wildman–Crippen MR) is 124 cm³/mol. The van der Waals surface area contributed by atoms with Crippen molar-refractivity contribution in [1.82, 2.24) is 0 Å². The number of ether oxygens (including phenoxy) is 1. The van der Waals surface area contributed by atoms with Crippen LogP contribution in [0, 0.1) is 0 Å². The zero-order valence-electron chi connectivity index (χ0n) is 15.5. The SMILES string of the molecule is Clc1ccc(NCc2c(OCc3c(Cl)cccc3Cl)ccc3ccccc23)cc1. The smallest absolute Gasteiger partial charge is 0.125 e. The molecular weight excluding hydrogens is 425 g/mol. The van der Waals surface area contributed by atoms with Crippen molar-refractivity contribution >= 4 is 51.3 Å². The Morgan fingerprint density at radius 3 is 2.17 bits per heavy atom. The van der Waals surface area contributed by atoms with Crippen LogP contribution >= 0.6 is 34.8 Å². The van der Waals surface area contributed by atoms with Crippen molar-refractivity contribution in [3.63, 3.8) is 0 Å². The number of fused-ring (bicyclic) bond motifs is 1. The van der Waals surface area contributed by atoms with Gasteiger partial charge in [0.1, 0.15) is 12.4 Å². The lowest BCUT2D eigenvalue weighted by atomic mass is 10.0. The van der Waals surface area contributed by atoms with Crippen LogP contribution in [0.15, 0.2) is 78.9 Å². The van der Waals surface area contributed by atoms with Gasteiger partial charge in [-0.15, -0.1) is 0 Å².